The first-order valence-electron chi connectivity index (χ1n) is 9.53. The molecule has 11 heteroatoms. The number of aliphatic carboxylic acids is 1. The fraction of sp³-hybridized carbons (Fsp3) is 0.350. The van der Waals surface area contributed by atoms with E-state index in [2.05, 4.69) is 20.0 Å². The van der Waals surface area contributed by atoms with Gasteiger partial charge in [-0.1, -0.05) is 35.7 Å². The van der Waals surface area contributed by atoms with Gasteiger partial charge in [0.2, 0.25) is 5.76 Å². The molecule has 0 spiro atoms. The molecule has 1 aliphatic heterocycles. The highest BCUT2D eigenvalue weighted by molar-refractivity contribution is 6.39. The molecule has 0 saturated carbocycles. The molecule has 2 heterocycles. The van der Waals surface area contributed by atoms with Gasteiger partial charge in [-0.25, -0.2) is 4.79 Å². The molecule has 0 bridgehead atoms. The maximum atomic E-state index is 9.97. The number of aromatic carboxylic acids is 1. The van der Waals surface area contributed by atoms with E-state index in [9.17, 15) is 9.59 Å². The predicted octanol–water partition coefficient (Wildman–Crippen LogP) is 3.93. The first-order valence-corrected chi connectivity index (χ1v) is 10.3. The van der Waals surface area contributed by atoms with E-state index in [1.807, 2.05) is 0 Å². The Balaban J connectivity index is 0.000000247. The van der Waals surface area contributed by atoms with Crippen LogP contribution in [0.25, 0.3) is 0 Å². The normalized spacial score (nSPS) is 11.8. The van der Waals surface area contributed by atoms with Gasteiger partial charge < -0.3 is 31.0 Å². The minimum absolute atomic E-state index is 0.0231. The molecule has 170 valence electrons. The van der Waals surface area contributed by atoms with Crippen LogP contribution in [0, 0.1) is 0 Å². The van der Waals surface area contributed by atoms with Gasteiger partial charge in [0.15, 0.2) is 5.96 Å². The lowest BCUT2D eigenvalue weighted by molar-refractivity contribution is -0.137. The molecule has 2 aromatic rings. The zero-order valence-electron chi connectivity index (χ0n) is 16.8. The highest BCUT2D eigenvalue weighted by Crippen LogP contribution is 2.29. The number of halogens is 2. The first-order chi connectivity index (χ1) is 14.8. The summed E-state index contributed by atoms with van der Waals surface area (Å²) in [5, 5.41) is 23.7. The minimum Gasteiger partial charge on any atom is -0.481 e. The monoisotopic (exact) mass is 472 g/mol. The van der Waals surface area contributed by atoms with Crippen LogP contribution in [0.15, 0.2) is 46.0 Å². The van der Waals surface area contributed by atoms with Gasteiger partial charge in [-0.3, -0.25) is 9.79 Å². The van der Waals surface area contributed by atoms with Gasteiger partial charge in [-0.05, 0) is 43.7 Å². The Morgan fingerprint density at radius 2 is 1.84 bits per heavy atom. The topological polar surface area (TPSA) is 150 Å². The SMILES string of the molecule is Clc1cccc(Cl)c1NC1=NCCN1.NCCCCCC(=O)O.O=C(O)c1ccco1. The van der Waals surface area contributed by atoms with Crippen molar-refractivity contribution < 1.29 is 24.2 Å². The van der Waals surface area contributed by atoms with Crippen molar-refractivity contribution in [2.45, 2.75) is 25.7 Å². The fourth-order valence-corrected chi connectivity index (χ4v) is 2.71. The molecule has 3 rings (SSSR count). The van der Waals surface area contributed by atoms with Crippen LogP contribution in [-0.4, -0.2) is 47.7 Å². The lowest BCUT2D eigenvalue weighted by Crippen LogP contribution is -2.26. The van der Waals surface area contributed by atoms with E-state index in [0.717, 1.165) is 38.3 Å². The average molecular weight is 473 g/mol. The number of furan rings is 1. The Labute approximate surface area is 190 Å². The number of hydrogen-bond acceptors (Lipinski definition) is 7. The van der Waals surface area contributed by atoms with E-state index in [0.29, 0.717) is 22.3 Å². The number of benzene rings is 1. The molecular formula is C20H26Cl2N4O5. The molecule has 1 aromatic heterocycles. The molecule has 31 heavy (non-hydrogen) atoms. The quantitative estimate of drug-likeness (QED) is 0.380. The van der Waals surface area contributed by atoms with Gasteiger partial charge in [0.25, 0.3) is 0 Å². The Hall–Kier alpha value is -2.75. The zero-order valence-corrected chi connectivity index (χ0v) is 18.3. The number of carbonyl (C=O) groups is 2. The summed E-state index contributed by atoms with van der Waals surface area (Å²) in [5.41, 5.74) is 5.90. The Morgan fingerprint density at radius 1 is 1.13 bits per heavy atom. The third-order valence-corrected chi connectivity index (χ3v) is 4.34. The maximum absolute atomic E-state index is 9.97. The number of anilines is 1. The molecule has 0 saturated heterocycles. The lowest BCUT2D eigenvalue weighted by atomic mass is 10.2. The number of carboxylic acid groups (broad SMARTS) is 2. The highest BCUT2D eigenvalue weighted by Gasteiger charge is 2.10. The van der Waals surface area contributed by atoms with Gasteiger partial charge in [-0.15, -0.1) is 0 Å². The Bertz CT molecular complexity index is 824. The highest BCUT2D eigenvalue weighted by atomic mass is 35.5. The summed E-state index contributed by atoms with van der Waals surface area (Å²) in [6.07, 6.45) is 4.23. The number of nitrogens with zero attached hydrogens (tertiary/aromatic N) is 1. The van der Waals surface area contributed by atoms with Crippen LogP contribution in [0.2, 0.25) is 10.0 Å². The summed E-state index contributed by atoms with van der Waals surface area (Å²) >= 11 is 12.0. The third kappa shape index (κ3) is 11.3. The number of para-hydroxylation sites is 1. The van der Waals surface area contributed by atoms with Crippen LogP contribution in [0.4, 0.5) is 5.69 Å². The van der Waals surface area contributed by atoms with Crippen molar-refractivity contribution in [2.75, 3.05) is 25.0 Å². The maximum Gasteiger partial charge on any atom is 0.371 e. The fourth-order valence-electron chi connectivity index (χ4n) is 2.21. The van der Waals surface area contributed by atoms with Crippen LogP contribution >= 0.6 is 23.2 Å². The van der Waals surface area contributed by atoms with E-state index in [4.69, 9.17) is 39.1 Å². The van der Waals surface area contributed by atoms with E-state index < -0.39 is 11.9 Å². The van der Waals surface area contributed by atoms with Crippen molar-refractivity contribution >= 4 is 46.8 Å². The van der Waals surface area contributed by atoms with Crippen molar-refractivity contribution in [1.82, 2.24) is 5.32 Å². The van der Waals surface area contributed by atoms with Crippen molar-refractivity contribution in [3.63, 3.8) is 0 Å². The molecular weight excluding hydrogens is 447 g/mol. The molecule has 1 aromatic carbocycles. The molecule has 0 atom stereocenters. The van der Waals surface area contributed by atoms with E-state index >= 15 is 0 Å². The molecule has 6 N–H and O–H groups in total. The number of aliphatic imine (C=N–C) groups is 1. The number of unbranched alkanes of at least 4 members (excludes halogenated alkanes) is 2. The number of nitrogens with two attached hydrogens (primary N) is 1. The van der Waals surface area contributed by atoms with Crippen molar-refractivity contribution in [1.29, 1.82) is 0 Å². The van der Waals surface area contributed by atoms with Crippen molar-refractivity contribution in [3.05, 3.63) is 52.4 Å². The summed E-state index contributed by atoms with van der Waals surface area (Å²) in [4.78, 5) is 24.1. The van der Waals surface area contributed by atoms with Gasteiger partial charge >= 0.3 is 11.9 Å². The Kier molecular flexibility index (Phi) is 12.8. The predicted molar refractivity (Wildman–Crippen MR) is 121 cm³/mol. The average Bonchev–Trinajstić information content (AvgIpc) is 3.43. The number of rotatable bonds is 7. The second kappa shape index (κ2) is 15.1. The smallest absolute Gasteiger partial charge is 0.371 e. The summed E-state index contributed by atoms with van der Waals surface area (Å²) in [6, 6.07) is 8.29. The van der Waals surface area contributed by atoms with Crippen molar-refractivity contribution in [2.24, 2.45) is 10.7 Å². The van der Waals surface area contributed by atoms with Gasteiger partial charge in [0.05, 0.1) is 28.5 Å². The third-order valence-electron chi connectivity index (χ3n) is 3.71. The van der Waals surface area contributed by atoms with E-state index in [-0.39, 0.29) is 12.2 Å². The summed E-state index contributed by atoms with van der Waals surface area (Å²) in [6.45, 7) is 2.30. The zero-order chi connectivity index (χ0) is 23.1. The molecule has 0 fully saturated rings. The van der Waals surface area contributed by atoms with Crippen LogP contribution in [-0.2, 0) is 4.79 Å². The molecule has 0 radical (unpaired) electrons. The summed E-state index contributed by atoms with van der Waals surface area (Å²) < 4.78 is 4.50. The second-order valence-corrected chi connectivity index (χ2v) is 6.97. The van der Waals surface area contributed by atoms with Gasteiger partial charge in [-0.2, -0.15) is 0 Å². The van der Waals surface area contributed by atoms with Crippen LogP contribution in [0.1, 0.15) is 36.2 Å². The van der Waals surface area contributed by atoms with Crippen LogP contribution in [0.5, 0.6) is 0 Å². The first kappa shape index (κ1) is 26.3. The number of hydrogen-bond donors (Lipinski definition) is 5. The van der Waals surface area contributed by atoms with Crippen molar-refractivity contribution in [3.8, 4) is 0 Å². The van der Waals surface area contributed by atoms with E-state index in [1.165, 1.54) is 18.4 Å². The lowest BCUT2D eigenvalue weighted by Gasteiger charge is -2.09. The molecule has 0 aliphatic carbocycles. The van der Waals surface area contributed by atoms with E-state index in [1.54, 1.807) is 18.2 Å². The van der Waals surface area contributed by atoms with Gasteiger partial charge in [0.1, 0.15) is 0 Å². The Morgan fingerprint density at radius 3 is 2.29 bits per heavy atom. The summed E-state index contributed by atoms with van der Waals surface area (Å²) in [7, 11) is 0. The minimum atomic E-state index is -1.03. The number of carboxylic acids is 2. The standard InChI is InChI=1S/C9H9Cl2N3.C6H13NO2.C5H4O3/c10-6-2-1-3-7(11)8(6)14-9-12-4-5-13-9;7-5-3-1-2-4-6(8)9;6-5(7)4-2-1-3-8-4/h1-3H,4-5H2,(H2,12,13,14);1-5,7H2,(H,8,9);1-3H,(H,6,7). The number of nitrogens with one attached hydrogen (secondary N) is 2. The number of guanidine groups is 1. The molecule has 0 unspecified atom stereocenters. The molecule has 0 amide bonds. The molecule has 9 nitrogen and oxygen atoms in total. The van der Waals surface area contributed by atoms with Crippen LogP contribution in [0.3, 0.4) is 0 Å². The largest absolute Gasteiger partial charge is 0.481 e. The molecule has 1 aliphatic rings. The second-order valence-electron chi connectivity index (χ2n) is 6.15. The van der Waals surface area contributed by atoms with Gasteiger partial charge in [0, 0.05) is 13.0 Å². The summed E-state index contributed by atoms with van der Waals surface area (Å²) in [5.74, 6) is -1.05. The van der Waals surface area contributed by atoms with Crippen LogP contribution < -0.4 is 16.4 Å².